The summed E-state index contributed by atoms with van der Waals surface area (Å²) in [6, 6.07) is 1.85. The predicted molar refractivity (Wildman–Crippen MR) is 132 cm³/mol. The molecule has 1 aliphatic carbocycles. The molecule has 1 saturated carbocycles. The summed E-state index contributed by atoms with van der Waals surface area (Å²) in [6.07, 6.45) is -0.0876. The first-order valence-electron chi connectivity index (χ1n) is 12.0. The van der Waals surface area contributed by atoms with Crippen molar-refractivity contribution in [2.24, 2.45) is 11.3 Å². The minimum atomic E-state index is -4.87. The van der Waals surface area contributed by atoms with E-state index in [1.165, 1.54) is 6.20 Å². The summed E-state index contributed by atoms with van der Waals surface area (Å²) in [5.74, 6) is -0.292. The molecule has 3 aromatic rings. The Kier molecular flexibility index (Phi) is 6.56. The van der Waals surface area contributed by atoms with Gasteiger partial charge in [0.25, 0.3) is 0 Å². The molecule has 2 aliphatic rings. The number of aromatic nitrogens is 3. The molecule has 0 spiro atoms. The van der Waals surface area contributed by atoms with Crippen LogP contribution in [0.1, 0.15) is 38.2 Å². The molecule has 5 rings (SSSR count). The Morgan fingerprint density at radius 1 is 1.27 bits per heavy atom. The van der Waals surface area contributed by atoms with E-state index < -0.39 is 33.8 Å². The Morgan fingerprint density at radius 2 is 2.03 bits per heavy atom. The molecule has 7 nitrogen and oxygen atoms in total. The first-order chi connectivity index (χ1) is 17.5. The average molecular weight is 540 g/mol. The van der Waals surface area contributed by atoms with Gasteiger partial charge in [0.15, 0.2) is 5.82 Å². The van der Waals surface area contributed by atoms with E-state index in [2.05, 4.69) is 21.9 Å². The van der Waals surface area contributed by atoms with Crippen molar-refractivity contribution in [3.8, 4) is 17.3 Å². The van der Waals surface area contributed by atoms with Crippen LogP contribution in [-0.4, -0.2) is 46.4 Å². The molecule has 3 N–H and O–H groups in total. The number of alkyl halides is 3. The highest BCUT2D eigenvalue weighted by Gasteiger charge is 2.43. The van der Waals surface area contributed by atoms with Gasteiger partial charge in [0, 0.05) is 36.0 Å². The Labute approximate surface area is 215 Å². The maximum absolute atomic E-state index is 16.0. The second-order valence-electron chi connectivity index (χ2n) is 10.1. The maximum Gasteiger partial charge on any atom is 0.418 e. The molecule has 2 fully saturated rings. The van der Waals surface area contributed by atoms with Gasteiger partial charge in [-0.1, -0.05) is 18.5 Å². The van der Waals surface area contributed by atoms with Crippen LogP contribution in [0.4, 0.5) is 29.1 Å². The number of fused-ring (bicyclic) bond motifs is 1. The molecule has 1 atom stereocenters. The number of ether oxygens (including phenoxy) is 1. The molecule has 1 aromatic carbocycles. The summed E-state index contributed by atoms with van der Waals surface area (Å²) < 4.78 is 63.5. The van der Waals surface area contributed by atoms with E-state index in [-0.39, 0.29) is 41.2 Å². The van der Waals surface area contributed by atoms with E-state index in [0.717, 1.165) is 37.8 Å². The SMILES string of the molecule is CC1CCCN(c2nc(OCC3(CO)CC3)nc3c(F)c(-c4cc(N)cc(Cl)c4C(F)(F)F)ncc23)C1. The summed E-state index contributed by atoms with van der Waals surface area (Å²) in [7, 11) is 0. The molecule has 37 heavy (non-hydrogen) atoms. The zero-order chi connectivity index (χ0) is 26.5. The van der Waals surface area contributed by atoms with Crippen molar-refractivity contribution in [3.05, 3.63) is 34.7 Å². The summed E-state index contributed by atoms with van der Waals surface area (Å²) >= 11 is 5.89. The van der Waals surface area contributed by atoms with Gasteiger partial charge >= 0.3 is 12.2 Å². The summed E-state index contributed by atoms with van der Waals surface area (Å²) in [5, 5.41) is 9.23. The Balaban J connectivity index is 1.68. The van der Waals surface area contributed by atoms with Crippen molar-refractivity contribution in [3.63, 3.8) is 0 Å². The molecule has 0 radical (unpaired) electrons. The van der Waals surface area contributed by atoms with E-state index >= 15 is 4.39 Å². The van der Waals surface area contributed by atoms with Crippen LogP contribution in [0.5, 0.6) is 6.01 Å². The number of hydrogen-bond acceptors (Lipinski definition) is 7. The molecular formula is C25H26ClF4N5O2. The van der Waals surface area contributed by atoms with Crippen molar-refractivity contribution in [1.29, 1.82) is 0 Å². The third-order valence-corrected chi connectivity index (χ3v) is 7.35. The Morgan fingerprint density at radius 3 is 2.68 bits per heavy atom. The standard InChI is InChI=1S/C25H26ClF4N5O2/c1-13-3-2-6-35(10-13)22-16-9-32-20(15-7-14(31)8-17(26)18(15)25(28,29)30)19(27)21(16)33-23(34-22)37-12-24(11-36)4-5-24/h7-9,13,36H,2-6,10-12,31H2,1H3. The van der Waals surface area contributed by atoms with Crippen molar-refractivity contribution >= 4 is 34.0 Å². The molecule has 1 saturated heterocycles. The number of nitrogens with two attached hydrogens (primary N) is 1. The number of aliphatic hydroxyl groups excluding tert-OH is 1. The van der Waals surface area contributed by atoms with Crippen LogP contribution in [0.3, 0.4) is 0 Å². The molecule has 2 aromatic heterocycles. The lowest BCUT2D eigenvalue weighted by Crippen LogP contribution is -2.35. The predicted octanol–water partition coefficient (Wildman–Crippen LogP) is 5.47. The Bertz CT molecular complexity index is 1350. The molecule has 3 heterocycles. The molecule has 0 amide bonds. The van der Waals surface area contributed by atoms with Crippen LogP contribution in [0.15, 0.2) is 18.3 Å². The van der Waals surface area contributed by atoms with Gasteiger partial charge in [-0.3, -0.25) is 4.98 Å². The minimum absolute atomic E-state index is 0.0596. The smallest absolute Gasteiger partial charge is 0.418 e. The fourth-order valence-electron chi connectivity index (χ4n) is 4.74. The van der Waals surface area contributed by atoms with Gasteiger partial charge in [-0.15, -0.1) is 0 Å². The lowest BCUT2D eigenvalue weighted by molar-refractivity contribution is -0.137. The van der Waals surface area contributed by atoms with Gasteiger partial charge in [0.2, 0.25) is 0 Å². The van der Waals surface area contributed by atoms with Crippen LogP contribution < -0.4 is 15.4 Å². The lowest BCUT2D eigenvalue weighted by atomic mass is 9.99. The monoisotopic (exact) mass is 539 g/mol. The van der Waals surface area contributed by atoms with Crippen molar-refractivity contribution in [1.82, 2.24) is 15.0 Å². The third-order valence-electron chi connectivity index (χ3n) is 7.05. The zero-order valence-corrected chi connectivity index (χ0v) is 20.8. The van der Waals surface area contributed by atoms with Crippen molar-refractivity contribution < 1.29 is 27.4 Å². The third kappa shape index (κ3) is 4.98. The first kappa shape index (κ1) is 25.7. The minimum Gasteiger partial charge on any atom is -0.463 e. The summed E-state index contributed by atoms with van der Waals surface area (Å²) in [5.41, 5.74) is 2.70. The highest BCUT2D eigenvalue weighted by Crippen LogP contribution is 2.46. The number of piperidine rings is 1. The Hall–Kier alpha value is -2.92. The van der Waals surface area contributed by atoms with Crippen molar-refractivity contribution in [2.75, 3.05) is 36.9 Å². The summed E-state index contributed by atoms with van der Waals surface area (Å²) in [4.78, 5) is 14.8. The largest absolute Gasteiger partial charge is 0.463 e. The fourth-order valence-corrected chi connectivity index (χ4v) is 5.08. The van der Waals surface area contributed by atoms with Gasteiger partial charge in [-0.2, -0.15) is 23.1 Å². The first-order valence-corrected chi connectivity index (χ1v) is 12.4. The average Bonchev–Trinajstić information content (AvgIpc) is 3.62. The molecule has 198 valence electrons. The maximum atomic E-state index is 16.0. The van der Waals surface area contributed by atoms with Crippen LogP contribution in [0, 0.1) is 17.2 Å². The van der Waals surface area contributed by atoms with E-state index in [9.17, 15) is 18.3 Å². The summed E-state index contributed by atoms with van der Waals surface area (Å²) in [6.45, 7) is 3.52. The van der Waals surface area contributed by atoms with Crippen LogP contribution in [-0.2, 0) is 6.18 Å². The zero-order valence-electron chi connectivity index (χ0n) is 20.1. The number of pyridine rings is 1. The second-order valence-corrected chi connectivity index (χ2v) is 10.5. The molecule has 12 heteroatoms. The van der Waals surface area contributed by atoms with E-state index in [1.54, 1.807) is 0 Å². The van der Waals surface area contributed by atoms with E-state index in [0.29, 0.717) is 24.8 Å². The number of rotatable bonds is 6. The molecule has 1 unspecified atom stereocenters. The number of nitrogens with zero attached hydrogens (tertiary/aromatic N) is 4. The number of benzene rings is 1. The van der Waals surface area contributed by atoms with Crippen LogP contribution >= 0.6 is 11.6 Å². The number of aliphatic hydroxyl groups is 1. The van der Waals surface area contributed by atoms with E-state index in [1.807, 2.05) is 4.90 Å². The number of hydrogen-bond donors (Lipinski definition) is 2. The van der Waals surface area contributed by atoms with Gasteiger partial charge in [-0.05, 0) is 43.7 Å². The van der Waals surface area contributed by atoms with Gasteiger partial charge < -0.3 is 20.5 Å². The normalized spacial score (nSPS) is 19.3. The van der Waals surface area contributed by atoms with E-state index in [4.69, 9.17) is 22.1 Å². The second kappa shape index (κ2) is 9.43. The highest BCUT2D eigenvalue weighted by molar-refractivity contribution is 6.32. The number of anilines is 2. The fraction of sp³-hybridized carbons (Fsp3) is 0.480. The van der Waals surface area contributed by atoms with Crippen molar-refractivity contribution in [2.45, 2.75) is 38.8 Å². The lowest BCUT2D eigenvalue weighted by Gasteiger charge is -2.32. The van der Waals surface area contributed by atoms with Gasteiger partial charge in [-0.25, -0.2) is 4.39 Å². The van der Waals surface area contributed by atoms with Crippen LogP contribution in [0.2, 0.25) is 5.02 Å². The number of nitrogen functional groups attached to an aromatic ring is 1. The van der Waals surface area contributed by atoms with Crippen LogP contribution in [0.25, 0.3) is 22.2 Å². The molecular weight excluding hydrogens is 514 g/mol. The highest BCUT2D eigenvalue weighted by atomic mass is 35.5. The molecule has 1 aliphatic heterocycles. The van der Waals surface area contributed by atoms with Gasteiger partial charge in [0.1, 0.15) is 17.0 Å². The quantitative estimate of drug-likeness (QED) is 0.316. The topological polar surface area (TPSA) is 97.4 Å². The molecule has 0 bridgehead atoms. The number of halogens is 5. The van der Waals surface area contributed by atoms with Gasteiger partial charge in [0.05, 0.1) is 29.2 Å².